The van der Waals surface area contributed by atoms with E-state index in [4.69, 9.17) is 0 Å². The Bertz CT molecular complexity index is 1110. The zero-order valence-corrected chi connectivity index (χ0v) is 20.0. The number of rotatable bonds is 5. The number of benzene rings is 1. The molecule has 7 heteroatoms. The molecule has 0 unspecified atom stereocenters. The van der Waals surface area contributed by atoms with Gasteiger partial charge in [-0.2, -0.15) is 11.8 Å². The number of thiophene rings is 1. The van der Waals surface area contributed by atoms with Gasteiger partial charge in [-0.15, -0.1) is 11.3 Å². The summed E-state index contributed by atoms with van der Waals surface area (Å²) in [5.74, 6) is 1.68. The van der Waals surface area contributed by atoms with Gasteiger partial charge in [0.2, 0.25) is 5.91 Å². The highest BCUT2D eigenvalue weighted by atomic mass is 32.2. The van der Waals surface area contributed by atoms with Crippen LogP contribution >= 0.6 is 23.1 Å². The summed E-state index contributed by atoms with van der Waals surface area (Å²) in [5, 5.41) is 3.95. The Hall–Kier alpha value is -2.51. The Labute approximate surface area is 191 Å². The number of aromatic nitrogens is 1. The number of carbonyl (C=O) groups is 2. The van der Waals surface area contributed by atoms with Crippen molar-refractivity contribution in [1.29, 1.82) is 0 Å². The van der Waals surface area contributed by atoms with E-state index in [2.05, 4.69) is 17.4 Å². The van der Waals surface area contributed by atoms with Gasteiger partial charge in [0, 0.05) is 35.8 Å². The fraction of sp³-hybridized carbons (Fsp3) is 0.333. The molecule has 162 valence electrons. The molecule has 3 heterocycles. The second kappa shape index (κ2) is 8.93. The molecule has 31 heavy (non-hydrogen) atoms. The Morgan fingerprint density at radius 3 is 2.48 bits per heavy atom. The molecule has 5 nitrogen and oxygen atoms in total. The average molecular weight is 454 g/mol. The van der Waals surface area contributed by atoms with E-state index >= 15 is 0 Å². The fourth-order valence-corrected chi connectivity index (χ4v) is 6.56. The highest BCUT2D eigenvalue weighted by molar-refractivity contribution is 7.98. The lowest BCUT2D eigenvalue weighted by molar-refractivity contribution is -0.116. The number of aryl methyl sites for hydroxylation is 3. The average Bonchev–Trinajstić information content (AvgIpc) is 3.37. The van der Waals surface area contributed by atoms with Crippen molar-refractivity contribution in [3.05, 3.63) is 69.4 Å². The lowest BCUT2D eigenvalue weighted by atomic mass is 10.0. The number of amides is 2. The Balaban J connectivity index is 1.56. The van der Waals surface area contributed by atoms with Crippen LogP contribution in [0.1, 0.15) is 37.5 Å². The molecule has 4 rings (SSSR count). The topological polar surface area (TPSA) is 54.3 Å². The third kappa shape index (κ3) is 4.43. The van der Waals surface area contributed by atoms with E-state index in [1.165, 1.54) is 15.3 Å². The third-order valence-electron chi connectivity index (χ3n) is 5.52. The summed E-state index contributed by atoms with van der Waals surface area (Å²) in [7, 11) is 1.71. The summed E-state index contributed by atoms with van der Waals surface area (Å²) in [5.41, 5.74) is 5.94. The SMILES string of the molecule is Cc1cc(C)c(NC(=O)CN(C)C(=O)c2c(-n3cccc3)sc3c2CCSC3)c(C)c1. The van der Waals surface area contributed by atoms with Gasteiger partial charge in [-0.25, -0.2) is 0 Å². The summed E-state index contributed by atoms with van der Waals surface area (Å²) in [6.07, 6.45) is 4.83. The standard InChI is InChI=1S/C24H27N3O2S2/c1-15-11-16(2)22(17(3)12-15)25-20(28)13-26(4)23(29)21-18-7-10-30-14-19(18)31-24(21)27-8-5-6-9-27/h5-6,8-9,11-12H,7,10,13-14H2,1-4H3,(H,25,28). The van der Waals surface area contributed by atoms with Gasteiger partial charge < -0.3 is 14.8 Å². The van der Waals surface area contributed by atoms with Crippen LogP contribution in [0.4, 0.5) is 5.69 Å². The number of carbonyl (C=O) groups excluding carboxylic acids is 2. The number of hydrogen-bond acceptors (Lipinski definition) is 4. The molecule has 0 spiro atoms. The molecule has 0 bridgehead atoms. The van der Waals surface area contributed by atoms with E-state index in [1.807, 2.05) is 61.6 Å². The van der Waals surface area contributed by atoms with Gasteiger partial charge in [0.05, 0.1) is 12.1 Å². The molecule has 2 amide bonds. The molecule has 3 aromatic rings. The van der Waals surface area contributed by atoms with Gasteiger partial charge in [-0.3, -0.25) is 9.59 Å². The van der Waals surface area contributed by atoms with Crippen molar-refractivity contribution in [1.82, 2.24) is 9.47 Å². The second-order valence-electron chi connectivity index (χ2n) is 8.06. The van der Waals surface area contributed by atoms with Crippen molar-refractivity contribution in [3.8, 4) is 5.00 Å². The number of likely N-dealkylation sites (N-methyl/N-ethyl adjacent to an activating group) is 1. The molecule has 0 atom stereocenters. The predicted molar refractivity (Wildman–Crippen MR) is 130 cm³/mol. The molecule has 1 aliphatic heterocycles. The zero-order chi connectivity index (χ0) is 22.1. The number of fused-ring (bicyclic) bond motifs is 1. The van der Waals surface area contributed by atoms with Gasteiger partial charge in [0.1, 0.15) is 5.00 Å². The minimum atomic E-state index is -0.187. The van der Waals surface area contributed by atoms with Crippen molar-refractivity contribution >= 4 is 40.6 Å². The van der Waals surface area contributed by atoms with Crippen molar-refractivity contribution in [2.75, 3.05) is 24.7 Å². The van der Waals surface area contributed by atoms with Crippen LogP contribution in [0.5, 0.6) is 0 Å². The summed E-state index contributed by atoms with van der Waals surface area (Å²) >= 11 is 3.59. The first-order chi connectivity index (χ1) is 14.8. The lowest BCUT2D eigenvalue weighted by Crippen LogP contribution is -2.36. The third-order valence-corrected chi connectivity index (χ3v) is 7.94. The molecule has 0 radical (unpaired) electrons. The predicted octanol–water partition coefficient (Wildman–Crippen LogP) is 4.96. The molecule has 1 aromatic carbocycles. The van der Waals surface area contributed by atoms with Crippen LogP contribution in [-0.2, 0) is 17.0 Å². The highest BCUT2D eigenvalue weighted by Gasteiger charge is 2.29. The molecule has 1 N–H and O–H groups in total. The summed E-state index contributed by atoms with van der Waals surface area (Å²) < 4.78 is 2.01. The van der Waals surface area contributed by atoms with Crippen molar-refractivity contribution in [3.63, 3.8) is 0 Å². The van der Waals surface area contributed by atoms with E-state index in [1.54, 1.807) is 18.4 Å². The first kappa shape index (κ1) is 21.7. The van der Waals surface area contributed by atoms with Gasteiger partial charge in [-0.1, -0.05) is 17.7 Å². The van der Waals surface area contributed by atoms with Crippen LogP contribution in [0, 0.1) is 20.8 Å². The number of nitrogens with one attached hydrogen (secondary N) is 1. The first-order valence-electron chi connectivity index (χ1n) is 10.3. The molecule has 0 saturated heterocycles. The fourth-order valence-electron chi connectivity index (χ4n) is 4.12. The summed E-state index contributed by atoms with van der Waals surface area (Å²) in [6.45, 7) is 6.03. The largest absolute Gasteiger partial charge is 0.332 e. The Morgan fingerprint density at radius 1 is 1.13 bits per heavy atom. The minimum absolute atomic E-state index is 0.01000. The van der Waals surface area contributed by atoms with E-state index in [0.29, 0.717) is 0 Å². The number of nitrogens with zero attached hydrogens (tertiary/aromatic N) is 2. The van der Waals surface area contributed by atoms with Crippen molar-refractivity contribution in [2.45, 2.75) is 32.9 Å². The number of hydrogen-bond donors (Lipinski definition) is 1. The highest BCUT2D eigenvalue weighted by Crippen LogP contribution is 2.38. The molecule has 2 aromatic heterocycles. The number of thioether (sulfide) groups is 1. The monoisotopic (exact) mass is 453 g/mol. The summed E-state index contributed by atoms with van der Waals surface area (Å²) in [6, 6.07) is 8.03. The van der Waals surface area contributed by atoms with E-state index in [-0.39, 0.29) is 18.4 Å². The maximum Gasteiger partial charge on any atom is 0.257 e. The molecule has 0 fully saturated rings. The normalized spacial score (nSPS) is 13.0. The molecule has 1 aliphatic rings. The van der Waals surface area contributed by atoms with Gasteiger partial charge in [0.25, 0.3) is 5.91 Å². The van der Waals surface area contributed by atoms with Crippen LogP contribution < -0.4 is 5.32 Å². The quantitative estimate of drug-likeness (QED) is 0.594. The molecular formula is C24H27N3O2S2. The van der Waals surface area contributed by atoms with Crippen molar-refractivity contribution in [2.24, 2.45) is 0 Å². The smallest absolute Gasteiger partial charge is 0.257 e. The second-order valence-corrected chi connectivity index (χ2v) is 10.2. The minimum Gasteiger partial charge on any atom is -0.332 e. The zero-order valence-electron chi connectivity index (χ0n) is 18.3. The maximum absolute atomic E-state index is 13.5. The first-order valence-corrected chi connectivity index (χ1v) is 12.3. The van der Waals surface area contributed by atoms with Crippen LogP contribution in [0.25, 0.3) is 5.00 Å². The number of anilines is 1. The van der Waals surface area contributed by atoms with Crippen LogP contribution in [0.3, 0.4) is 0 Å². The van der Waals surface area contributed by atoms with E-state index in [0.717, 1.165) is 50.9 Å². The van der Waals surface area contributed by atoms with E-state index in [9.17, 15) is 9.59 Å². The van der Waals surface area contributed by atoms with Gasteiger partial charge in [0.15, 0.2) is 0 Å². The maximum atomic E-state index is 13.5. The molecule has 0 saturated carbocycles. The van der Waals surface area contributed by atoms with Crippen LogP contribution in [0.2, 0.25) is 0 Å². The van der Waals surface area contributed by atoms with E-state index < -0.39 is 0 Å². The summed E-state index contributed by atoms with van der Waals surface area (Å²) in [4.78, 5) is 29.1. The van der Waals surface area contributed by atoms with Gasteiger partial charge in [-0.05, 0) is 61.8 Å². The lowest BCUT2D eigenvalue weighted by Gasteiger charge is -2.20. The van der Waals surface area contributed by atoms with Crippen molar-refractivity contribution < 1.29 is 9.59 Å². The van der Waals surface area contributed by atoms with Crippen LogP contribution in [-0.4, -0.2) is 40.6 Å². The Kier molecular flexibility index (Phi) is 6.25. The Morgan fingerprint density at radius 2 is 1.81 bits per heavy atom. The molecule has 0 aliphatic carbocycles. The van der Waals surface area contributed by atoms with Crippen LogP contribution in [0.15, 0.2) is 36.7 Å². The van der Waals surface area contributed by atoms with Gasteiger partial charge >= 0.3 is 0 Å². The molecular weight excluding hydrogens is 426 g/mol.